The Morgan fingerprint density at radius 2 is 2.11 bits per heavy atom. The predicted molar refractivity (Wildman–Crippen MR) is 78.5 cm³/mol. The van der Waals surface area contributed by atoms with Crippen LogP contribution in [0.3, 0.4) is 0 Å². The minimum absolute atomic E-state index is 0.114. The summed E-state index contributed by atoms with van der Waals surface area (Å²) in [7, 11) is 0. The Kier molecular flexibility index (Phi) is 5.61. The third kappa shape index (κ3) is 3.24. The van der Waals surface area contributed by atoms with Crippen LogP contribution in [0.4, 0.5) is 0 Å². The average molecular weight is 251 g/mol. The molecule has 1 aliphatic heterocycles. The van der Waals surface area contributed by atoms with E-state index in [0.717, 1.165) is 19.4 Å². The van der Waals surface area contributed by atoms with Gasteiger partial charge < -0.3 is 4.74 Å². The highest BCUT2D eigenvalue weighted by molar-refractivity contribution is 5.19. The van der Waals surface area contributed by atoms with E-state index in [1.165, 1.54) is 5.57 Å². The Bertz CT molecular complexity index is 308. The van der Waals surface area contributed by atoms with Crippen LogP contribution in [-0.2, 0) is 4.74 Å². The van der Waals surface area contributed by atoms with Gasteiger partial charge in [0.25, 0.3) is 0 Å². The summed E-state index contributed by atoms with van der Waals surface area (Å²) in [6.45, 7) is 16.1. The minimum atomic E-state index is -0.173. The molecule has 1 saturated heterocycles. The maximum absolute atomic E-state index is 6.32. The highest BCUT2D eigenvalue weighted by Crippen LogP contribution is 2.35. The molecule has 2 nitrogen and oxygen atoms in total. The van der Waals surface area contributed by atoms with E-state index >= 15 is 0 Å². The highest BCUT2D eigenvalue weighted by Gasteiger charge is 2.42. The van der Waals surface area contributed by atoms with Gasteiger partial charge in [-0.3, -0.25) is 5.32 Å². The van der Waals surface area contributed by atoms with Crippen molar-refractivity contribution in [3.05, 3.63) is 24.3 Å². The van der Waals surface area contributed by atoms with E-state index in [2.05, 4.69) is 58.7 Å². The van der Waals surface area contributed by atoms with Crippen LogP contribution >= 0.6 is 0 Å². The first-order chi connectivity index (χ1) is 8.46. The molecule has 1 rings (SSSR count). The van der Waals surface area contributed by atoms with E-state index < -0.39 is 0 Å². The van der Waals surface area contributed by atoms with E-state index in [9.17, 15) is 0 Å². The van der Waals surface area contributed by atoms with Crippen LogP contribution in [-0.4, -0.2) is 18.4 Å². The van der Waals surface area contributed by atoms with Gasteiger partial charge in [0.2, 0.25) is 0 Å². The van der Waals surface area contributed by atoms with Gasteiger partial charge >= 0.3 is 0 Å². The first-order valence-electron chi connectivity index (χ1n) is 7.24. The fourth-order valence-electron chi connectivity index (χ4n) is 2.49. The topological polar surface area (TPSA) is 21.3 Å². The molecule has 1 aliphatic rings. The fourth-order valence-corrected chi connectivity index (χ4v) is 2.49. The molecule has 0 bridgehead atoms. The van der Waals surface area contributed by atoms with E-state index in [-0.39, 0.29) is 11.8 Å². The minimum Gasteiger partial charge on any atom is -0.351 e. The SMILES string of the molecule is C=C(C(C)C)C1(CC)CNC(C(C)C=CCC)O1. The van der Waals surface area contributed by atoms with Crippen molar-refractivity contribution in [3.63, 3.8) is 0 Å². The van der Waals surface area contributed by atoms with Crippen LogP contribution in [0.25, 0.3) is 0 Å². The van der Waals surface area contributed by atoms with Crippen LogP contribution in [0.15, 0.2) is 24.3 Å². The lowest BCUT2D eigenvalue weighted by molar-refractivity contribution is -0.0359. The molecule has 0 aromatic heterocycles. The van der Waals surface area contributed by atoms with Gasteiger partial charge in [-0.25, -0.2) is 0 Å². The molecule has 3 unspecified atom stereocenters. The average Bonchev–Trinajstić information content (AvgIpc) is 2.80. The summed E-state index contributed by atoms with van der Waals surface area (Å²) < 4.78 is 6.32. The van der Waals surface area contributed by atoms with Gasteiger partial charge in [0.05, 0.1) is 0 Å². The summed E-state index contributed by atoms with van der Waals surface area (Å²) in [5.74, 6) is 0.866. The van der Waals surface area contributed by atoms with Crippen LogP contribution < -0.4 is 5.32 Å². The van der Waals surface area contributed by atoms with Crippen molar-refractivity contribution in [3.8, 4) is 0 Å². The van der Waals surface area contributed by atoms with Gasteiger partial charge in [-0.1, -0.05) is 53.3 Å². The van der Waals surface area contributed by atoms with Gasteiger partial charge in [0.15, 0.2) is 0 Å². The maximum Gasteiger partial charge on any atom is 0.115 e. The summed E-state index contributed by atoms with van der Waals surface area (Å²) >= 11 is 0. The molecule has 0 aromatic rings. The Labute approximate surface area is 112 Å². The molecule has 104 valence electrons. The fraction of sp³-hybridized carbons (Fsp3) is 0.750. The molecule has 18 heavy (non-hydrogen) atoms. The van der Waals surface area contributed by atoms with Gasteiger partial charge in [-0.05, 0) is 24.3 Å². The highest BCUT2D eigenvalue weighted by atomic mass is 16.5. The lowest BCUT2D eigenvalue weighted by Crippen LogP contribution is -2.36. The van der Waals surface area contributed by atoms with Crippen LogP contribution in [0.1, 0.15) is 47.5 Å². The van der Waals surface area contributed by atoms with Crippen LogP contribution in [0.5, 0.6) is 0 Å². The number of ether oxygens (including phenoxy) is 1. The first kappa shape index (κ1) is 15.5. The Morgan fingerprint density at radius 3 is 2.61 bits per heavy atom. The molecule has 0 amide bonds. The number of hydrogen-bond acceptors (Lipinski definition) is 2. The zero-order valence-electron chi connectivity index (χ0n) is 12.6. The number of nitrogens with one attached hydrogen (secondary N) is 1. The molecular weight excluding hydrogens is 222 g/mol. The maximum atomic E-state index is 6.32. The molecule has 0 aromatic carbocycles. The quantitative estimate of drug-likeness (QED) is 0.723. The van der Waals surface area contributed by atoms with E-state index in [0.29, 0.717) is 11.8 Å². The summed E-state index contributed by atoms with van der Waals surface area (Å²) in [6.07, 6.45) is 6.62. The molecule has 2 heteroatoms. The van der Waals surface area contributed by atoms with Crippen molar-refractivity contribution in [2.45, 2.75) is 59.3 Å². The largest absolute Gasteiger partial charge is 0.351 e. The smallest absolute Gasteiger partial charge is 0.115 e. The molecule has 3 atom stereocenters. The molecule has 1 fully saturated rings. The van der Waals surface area contributed by atoms with Crippen molar-refractivity contribution < 1.29 is 4.74 Å². The molecule has 0 spiro atoms. The first-order valence-corrected chi connectivity index (χ1v) is 7.24. The molecule has 0 radical (unpaired) electrons. The Balaban J connectivity index is 2.72. The van der Waals surface area contributed by atoms with Crippen molar-refractivity contribution in [2.24, 2.45) is 11.8 Å². The van der Waals surface area contributed by atoms with Gasteiger partial charge in [0, 0.05) is 12.5 Å². The molecule has 0 saturated carbocycles. The van der Waals surface area contributed by atoms with Gasteiger partial charge in [-0.2, -0.15) is 0 Å². The summed E-state index contributed by atoms with van der Waals surface area (Å²) in [5, 5.41) is 3.51. The second kappa shape index (κ2) is 6.53. The summed E-state index contributed by atoms with van der Waals surface area (Å²) in [6, 6.07) is 0. The molecular formula is C16H29NO. The third-order valence-corrected chi connectivity index (χ3v) is 3.95. The number of allylic oxidation sites excluding steroid dienone is 1. The second-order valence-electron chi connectivity index (χ2n) is 5.64. The summed E-state index contributed by atoms with van der Waals surface area (Å²) in [4.78, 5) is 0. The van der Waals surface area contributed by atoms with E-state index in [1.54, 1.807) is 0 Å². The lowest BCUT2D eigenvalue weighted by atomic mass is 9.85. The van der Waals surface area contributed by atoms with Crippen LogP contribution in [0, 0.1) is 11.8 Å². The molecule has 1 heterocycles. The molecule has 0 aliphatic carbocycles. The van der Waals surface area contributed by atoms with Crippen molar-refractivity contribution in [2.75, 3.05) is 6.54 Å². The van der Waals surface area contributed by atoms with E-state index in [4.69, 9.17) is 4.74 Å². The molecule has 1 N–H and O–H groups in total. The van der Waals surface area contributed by atoms with E-state index in [1.807, 2.05) is 0 Å². The Morgan fingerprint density at radius 1 is 1.44 bits per heavy atom. The van der Waals surface area contributed by atoms with Gasteiger partial charge in [-0.15, -0.1) is 0 Å². The normalized spacial score (nSPS) is 30.2. The standard InChI is InChI=1S/C16H29NO/c1-7-9-10-13(5)15-17-11-16(8-2,18-15)14(6)12(3)4/h9-10,12-13,15,17H,6-8,11H2,1-5H3. The third-order valence-electron chi connectivity index (χ3n) is 3.95. The number of hydrogen-bond donors (Lipinski definition) is 1. The Hall–Kier alpha value is -0.600. The number of rotatable bonds is 6. The summed E-state index contributed by atoms with van der Waals surface area (Å²) in [5.41, 5.74) is 1.04. The van der Waals surface area contributed by atoms with Crippen molar-refractivity contribution in [1.82, 2.24) is 5.32 Å². The monoisotopic (exact) mass is 251 g/mol. The second-order valence-corrected chi connectivity index (χ2v) is 5.64. The predicted octanol–water partition coefficient (Wildman–Crippen LogP) is 3.90. The van der Waals surface area contributed by atoms with Crippen LogP contribution in [0.2, 0.25) is 0 Å². The van der Waals surface area contributed by atoms with Gasteiger partial charge in [0.1, 0.15) is 11.8 Å². The van der Waals surface area contributed by atoms with Crippen molar-refractivity contribution in [1.29, 1.82) is 0 Å². The zero-order chi connectivity index (χ0) is 13.8. The zero-order valence-corrected chi connectivity index (χ0v) is 12.6. The van der Waals surface area contributed by atoms with Crippen molar-refractivity contribution >= 4 is 0 Å². The lowest BCUT2D eigenvalue weighted by Gasteiger charge is -2.32.